The number of carbonyl (C=O) groups excluding carboxylic acids is 1. The number of hydrogen-bond acceptors (Lipinski definition) is 4. The molecule has 170 valence electrons. The Kier molecular flexibility index (Phi) is 6.26. The molecule has 0 spiro atoms. The molecule has 1 N–H and O–H groups in total. The standard InChI is InChI=1S/C24H30N4O3S/c1-4-12-27-15-11-18-16-19(7-9-22(18)27)25-24(29)21-17-20(32(30,31)26(2)3)8-10-23(21)28-13-5-6-14-28/h7-11,15-17H,4-6,12-14H2,1-3H3,(H,25,29). The average Bonchev–Trinajstić information content (AvgIpc) is 3.44. The molecule has 0 saturated carbocycles. The third kappa shape index (κ3) is 4.25. The van der Waals surface area contributed by atoms with Gasteiger partial charge in [-0.25, -0.2) is 12.7 Å². The van der Waals surface area contributed by atoms with Crippen LogP contribution in [0.25, 0.3) is 10.9 Å². The molecule has 1 aliphatic heterocycles. The van der Waals surface area contributed by atoms with Crippen molar-refractivity contribution in [3.05, 3.63) is 54.2 Å². The maximum Gasteiger partial charge on any atom is 0.257 e. The predicted octanol–water partition coefficient (Wildman–Crippen LogP) is 4.15. The second-order valence-electron chi connectivity index (χ2n) is 8.40. The molecule has 4 rings (SSSR count). The van der Waals surface area contributed by atoms with Crippen LogP contribution in [0.2, 0.25) is 0 Å². The van der Waals surface area contributed by atoms with Gasteiger partial charge in [-0.05, 0) is 61.7 Å². The second kappa shape index (κ2) is 8.96. The second-order valence-corrected chi connectivity index (χ2v) is 10.5. The van der Waals surface area contributed by atoms with Crippen LogP contribution in [-0.4, -0.2) is 50.4 Å². The van der Waals surface area contributed by atoms with E-state index >= 15 is 0 Å². The molecule has 0 bridgehead atoms. The molecule has 8 heteroatoms. The van der Waals surface area contributed by atoms with Gasteiger partial charge in [0.05, 0.1) is 10.5 Å². The van der Waals surface area contributed by atoms with E-state index in [1.807, 2.05) is 24.3 Å². The number of aromatic nitrogens is 1. The number of anilines is 2. The van der Waals surface area contributed by atoms with Gasteiger partial charge in [-0.1, -0.05) is 6.92 Å². The van der Waals surface area contributed by atoms with E-state index in [9.17, 15) is 13.2 Å². The summed E-state index contributed by atoms with van der Waals surface area (Å²) in [7, 11) is -0.667. The number of benzene rings is 2. The van der Waals surface area contributed by atoms with Crippen LogP contribution >= 0.6 is 0 Å². The van der Waals surface area contributed by atoms with Crippen LogP contribution in [0, 0.1) is 0 Å². The number of nitrogens with zero attached hydrogens (tertiary/aromatic N) is 3. The normalized spacial score (nSPS) is 14.4. The van der Waals surface area contributed by atoms with Crippen LogP contribution in [0.1, 0.15) is 36.5 Å². The fourth-order valence-corrected chi connectivity index (χ4v) is 5.14. The van der Waals surface area contributed by atoms with E-state index in [1.165, 1.54) is 20.2 Å². The molecule has 0 atom stereocenters. The predicted molar refractivity (Wildman–Crippen MR) is 129 cm³/mol. The van der Waals surface area contributed by atoms with Crippen LogP contribution in [-0.2, 0) is 16.6 Å². The highest BCUT2D eigenvalue weighted by Crippen LogP contribution is 2.29. The summed E-state index contributed by atoms with van der Waals surface area (Å²) in [5.41, 5.74) is 2.96. The number of hydrogen-bond donors (Lipinski definition) is 1. The average molecular weight is 455 g/mol. The van der Waals surface area contributed by atoms with Crippen molar-refractivity contribution >= 4 is 38.2 Å². The van der Waals surface area contributed by atoms with Gasteiger partial charge in [-0.3, -0.25) is 4.79 Å². The number of aryl methyl sites for hydroxylation is 1. The molecule has 1 saturated heterocycles. The Labute approximate surface area is 189 Å². The lowest BCUT2D eigenvalue weighted by molar-refractivity contribution is 0.102. The zero-order valence-corrected chi connectivity index (χ0v) is 19.7. The number of sulfonamides is 1. The number of fused-ring (bicyclic) bond motifs is 1. The van der Waals surface area contributed by atoms with Gasteiger partial charge in [-0.2, -0.15) is 0 Å². The van der Waals surface area contributed by atoms with E-state index < -0.39 is 10.0 Å². The van der Waals surface area contributed by atoms with Crippen molar-refractivity contribution < 1.29 is 13.2 Å². The van der Waals surface area contributed by atoms with E-state index in [0.29, 0.717) is 11.3 Å². The Balaban J connectivity index is 1.69. The van der Waals surface area contributed by atoms with Crippen molar-refractivity contribution in [2.45, 2.75) is 37.6 Å². The van der Waals surface area contributed by atoms with Crippen molar-refractivity contribution in [3.8, 4) is 0 Å². The number of carbonyl (C=O) groups is 1. The van der Waals surface area contributed by atoms with Crippen molar-refractivity contribution in [1.82, 2.24) is 8.87 Å². The molecule has 1 fully saturated rings. The molecule has 2 aromatic carbocycles. The summed E-state index contributed by atoms with van der Waals surface area (Å²) in [5, 5.41) is 4.04. The molecule has 1 aromatic heterocycles. The lowest BCUT2D eigenvalue weighted by Crippen LogP contribution is -2.25. The Morgan fingerprint density at radius 3 is 2.50 bits per heavy atom. The maximum atomic E-state index is 13.3. The molecule has 0 unspecified atom stereocenters. The van der Waals surface area contributed by atoms with E-state index in [0.717, 1.165) is 59.8 Å². The number of amides is 1. The van der Waals surface area contributed by atoms with Gasteiger partial charge >= 0.3 is 0 Å². The minimum absolute atomic E-state index is 0.114. The molecule has 3 aromatic rings. The fraction of sp³-hybridized carbons (Fsp3) is 0.375. The van der Waals surface area contributed by atoms with Crippen LogP contribution in [0.5, 0.6) is 0 Å². The van der Waals surface area contributed by atoms with Crippen LogP contribution in [0.4, 0.5) is 11.4 Å². The first-order valence-corrected chi connectivity index (χ1v) is 12.5. The highest BCUT2D eigenvalue weighted by Gasteiger charge is 2.24. The van der Waals surface area contributed by atoms with Crippen LogP contribution in [0.15, 0.2) is 53.6 Å². The van der Waals surface area contributed by atoms with Gasteiger partial charge < -0.3 is 14.8 Å². The molecule has 1 amide bonds. The van der Waals surface area contributed by atoms with Gasteiger partial charge in [0, 0.05) is 62.2 Å². The zero-order chi connectivity index (χ0) is 22.9. The summed E-state index contributed by atoms with van der Waals surface area (Å²) in [6.07, 6.45) is 5.23. The highest BCUT2D eigenvalue weighted by atomic mass is 32.2. The Morgan fingerprint density at radius 1 is 1.06 bits per heavy atom. The summed E-state index contributed by atoms with van der Waals surface area (Å²) in [6.45, 7) is 4.80. The zero-order valence-electron chi connectivity index (χ0n) is 18.8. The van der Waals surface area contributed by atoms with Crippen molar-refractivity contribution in [2.75, 3.05) is 37.4 Å². The van der Waals surface area contributed by atoms with Gasteiger partial charge in [0.15, 0.2) is 0 Å². The van der Waals surface area contributed by atoms with Crippen molar-refractivity contribution in [3.63, 3.8) is 0 Å². The lowest BCUT2D eigenvalue weighted by Gasteiger charge is -2.22. The van der Waals surface area contributed by atoms with Crippen molar-refractivity contribution in [1.29, 1.82) is 0 Å². The van der Waals surface area contributed by atoms with Gasteiger partial charge in [0.2, 0.25) is 10.0 Å². The Hall–Kier alpha value is -2.84. The highest BCUT2D eigenvalue weighted by molar-refractivity contribution is 7.89. The first kappa shape index (κ1) is 22.4. The fourth-order valence-electron chi connectivity index (χ4n) is 4.21. The number of rotatable bonds is 7. The summed E-state index contributed by atoms with van der Waals surface area (Å²) in [6, 6.07) is 12.7. The smallest absolute Gasteiger partial charge is 0.257 e. The van der Waals surface area contributed by atoms with Crippen molar-refractivity contribution in [2.24, 2.45) is 0 Å². The van der Waals surface area contributed by atoms with Gasteiger partial charge in [-0.15, -0.1) is 0 Å². The first-order valence-electron chi connectivity index (χ1n) is 11.0. The molecule has 1 aliphatic rings. The van der Waals surface area contributed by atoms with Crippen LogP contribution < -0.4 is 10.2 Å². The SMILES string of the molecule is CCCn1ccc2cc(NC(=O)c3cc(S(=O)(=O)N(C)C)ccc3N3CCCC3)ccc21. The van der Waals surface area contributed by atoms with E-state index in [1.54, 1.807) is 12.1 Å². The Bertz CT molecular complexity index is 1240. The third-order valence-corrected chi connectivity index (χ3v) is 7.74. The summed E-state index contributed by atoms with van der Waals surface area (Å²) >= 11 is 0. The molecular weight excluding hydrogens is 424 g/mol. The largest absolute Gasteiger partial charge is 0.371 e. The maximum absolute atomic E-state index is 13.3. The lowest BCUT2D eigenvalue weighted by atomic mass is 10.1. The molecular formula is C24H30N4O3S. The third-order valence-electron chi connectivity index (χ3n) is 5.93. The van der Waals surface area contributed by atoms with Gasteiger partial charge in [0.25, 0.3) is 5.91 Å². The first-order chi connectivity index (χ1) is 15.3. The minimum Gasteiger partial charge on any atom is -0.371 e. The topological polar surface area (TPSA) is 74.6 Å². The Morgan fingerprint density at radius 2 is 1.81 bits per heavy atom. The van der Waals surface area contributed by atoms with E-state index in [4.69, 9.17) is 0 Å². The van der Waals surface area contributed by atoms with E-state index in [2.05, 4.69) is 27.9 Å². The monoisotopic (exact) mass is 454 g/mol. The quantitative estimate of drug-likeness (QED) is 0.582. The molecule has 32 heavy (non-hydrogen) atoms. The minimum atomic E-state index is -3.65. The number of nitrogens with one attached hydrogen (secondary N) is 1. The van der Waals surface area contributed by atoms with Crippen LogP contribution in [0.3, 0.4) is 0 Å². The molecule has 0 aliphatic carbocycles. The summed E-state index contributed by atoms with van der Waals surface area (Å²) in [5.74, 6) is -0.310. The molecule has 0 radical (unpaired) electrons. The summed E-state index contributed by atoms with van der Waals surface area (Å²) in [4.78, 5) is 15.6. The molecule has 2 heterocycles. The van der Waals surface area contributed by atoms with E-state index in [-0.39, 0.29) is 10.8 Å². The van der Waals surface area contributed by atoms with Gasteiger partial charge in [0.1, 0.15) is 0 Å². The summed E-state index contributed by atoms with van der Waals surface area (Å²) < 4.78 is 28.7. The molecule has 7 nitrogen and oxygen atoms in total.